The Labute approximate surface area is 177 Å². The number of nitrogens with one attached hydrogen (secondary N) is 1. The second-order valence-corrected chi connectivity index (χ2v) is 8.23. The summed E-state index contributed by atoms with van der Waals surface area (Å²) in [6.07, 6.45) is 1.43. The number of sulfonamides is 1. The predicted octanol–water partition coefficient (Wildman–Crippen LogP) is 4.29. The molecule has 1 N–H and O–H groups in total. The van der Waals surface area contributed by atoms with Crippen LogP contribution in [0.1, 0.15) is 23.6 Å². The Morgan fingerprint density at radius 1 is 0.933 bits per heavy atom. The molecule has 30 heavy (non-hydrogen) atoms. The number of aryl methyl sites for hydroxylation is 1. The Bertz CT molecular complexity index is 1090. The van der Waals surface area contributed by atoms with Crippen molar-refractivity contribution in [2.24, 2.45) is 5.10 Å². The quantitative estimate of drug-likeness (QED) is 0.411. The van der Waals surface area contributed by atoms with E-state index < -0.39 is 10.0 Å². The highest BCUT2D eigenvalue weighted by atomic mass is 32.2. The molecule has 3 aromatic rings. The third-order valence-electron chi connectivity index (χ3n) is 4.26. The van der Waals surface area contributed by atoms with Crippen LogP contribution < -0.4 is 14.3 Å². The van der Waals surface area contributed by atoms with E-state index in [2.05, 4.69) is 9.93 Å². The summed E-state index contributed by atoms with van der Waals surface area (Å²) in [6.45, 7) is 4.82. The van der Waals surface area contributed by atoms with Crippen LogP contribution in [0.2, 0.25) is 0 Å². The summed E-state index contributed by atoms with van der Waals surface area (Å²) in [5, 5.41) is 3.90. The number of hydrogen-bond acceptors (Lipinski definition) is 5. The predicted molar refractivity (Wildman–Crippen MR) is 117 cm³/mol. The fourth-order valence-corrected chi connectivity index (χ4v) is 3.45. The van der Waals surface area contributed by atoms with Gasteiger partial charge in [0.25, 0.3) is 10.0 Å². The molecule has 0 aliphatic heterocycles. The van der Waals surface area contributed by atoms with E-state index in [9.17, 15) is 8.42 Å². The lowest BCUT2D eigenvalue weighted by Gasteiger charge is -2.09. The average molecular weight is 425 g/mol. The maximum absolute atomic E-state index is 12.4. The Kier molecular flexibility index (Phi) is 7.08. The van der Waals surface area contributed by atoms with Gasteiger partial charge < -0.3 is 9.47 Å². The monoisotopic (exact) mass is 424 g/mol. The van der Waals surface area contributed by atoms with Gasteiger partial charge in [-0.05, 0) is 55.8 Å². The second kappa shape index (κ2) is 9.93. The normalized spacial score (nSPS) is 11.4. The number of hydrogen-bond donors (Lipinski definition) is 1. The molecule has 0 fully saturated rings. The van der Waals surface area contributed by atoms with Crippen LogP contribution >= 0.6 is 0 Å². The molecular formula is C23H24N2O4S. The summed E-state index contributed by atoms with van der Waals surface area (Å²) in [5.41, 5.74) is 2.90. The molecule has 0 aliphatic carbocycles. The van der Waals surface area contributed by atoms with Crippen molar-refractivity contribution in [3.63, 3.8) is 0 Å². The maximum atomic E-state index is 12.4. The van der Waals surface area contributed by atoms with Crippen molar-refractivity contribution in [3.8, 4) is 11.5 Å². The van der Waals surface area contributed by atoms with Crippen molar-refractivity contribution >= 4 is 16.2 Å². The first-order chi connectivity index (χ1) is 14.5. The van der Waals surface area contributed by atoms with Crippen LogP contribution in [0.5, 0.6) is 11.5 Å². The summed E-state index contributed by atoms with van der Waals surface area (Å²) in [6, 6.07) is 21.6. The maximum Gasteiger partial charge on any atom is 0.276 e. The van der Waals surface area contributed by atoms with Crippen LogP contribution in [0.15, 0.2) is 82.8 Å². The number of benzene rings is 3. The SMILES string of the molecule is CCOc1ccc(S(=O)(=O)N/N=C/c2ccccc2OCc2ccc(C)cc2)cc1. The van der Waals surface area contributed by atoms with Gasteiger partial charge in [-0.1, -0.05) is 42.0 Å². The Hall–Kier alpha value is -3.32. The molecule has 0 saturated carbocycles. The van der Waals surface area contributed by atoms with Crippen molar-refractivity contribution < 1.29 is 17.9 Å². The molecule has 0 aromatic heterocycles. The third kappa shape index (κ3) is 5.84. The minimum atomic E-state index is -3.78. The van der Waals surface area contributed by atoms with E-state index in [1.165, 1.54) is 23.9 Å². The summed E-state index contributed by atoms with van der Waals surface area (Å²) in [5.74, 6) is 1.22. The van der Waals surface area contributed by atoms with E-state index in [0.29, 0.717) is 30.3 Å². The zero-order chi connectivity index (χ0) is 21.4. The van der Waals surface area contributed by atoms with Crippen LogP contribution in [-0.2, 0) is 16.6 Å². The highest BCUT2D eigenvalue weighted by Crippen LogP contribution is 2.19. The van der Waals surface area contributed by atoms with E-state index in [1.54, 1.807) is 18.2 Å². The lowest BCUT2D eigenvalue weighted by Crippen LogP contribution is -2.18. The van der Waals surface area contributed by atoms with Gasteiger partial charge >= 0.3 is 0 Å². The minimum Gasteiger partial charge on any atom is -0.494 e. The molecule has 0 amide bonds. The van der Waals surface area contributed by atoms with Crippen LogP contribution in [0.4, 0.5) is 0 Å². The Morgan fingerprint density at radius 2 is 1.63 bits per heavy atom. The largest absolute Gasteiger partial charge is 0.494 e. The molecule has 0 radical (unpaired) electrons. The molecule has 0 aliphatic rings. The van der Waals surface area contributed by atoms with Crippen molar-refractivity contribution in [2.75, 3.05) is 6.61 Å². The Morgan fingerprint density at radius 3 is 2.33 bits per heavy atom. The van der Waals surface area contributed by atoms with Crippen molar-refractivity contribution in [3.05, 3.63) is 89.5 Å². The molecule has 0 unspecified atom stereocenters. The molecule has 6 nitrogen and oxygen atoms in total. The number of rotatable bonds is 9. The van der Waals surface area contributed by atoms with Gasteiger partial charge in [0.05, 0.1) is 17.7 Å². The van der Waals surface area contributed by atoms with Gasteiger partial charge in [0.2, 0.25) is 0 Å². The molecule has 0 heterocycles. The summed E-state index contributed by atoms with van der Waals surface area (Å²) in [7, 11) is -3.78. The van der Waals surface area contributed by atoms with Crippen LogP contribution in [0.25, 0.3) is 0 Å². The van der Waals surface area contributed by atoms with E-state index in [-0.39, 0.29) is 4.90 Å². The van der Waals surface area contributed by atoms with Crippen molar-refractivity contribution in [1.82, 2.24) is 4.83 Å². The first-order valence-electron chi connectivity index (χ1n) is 9.53. The summed E-state index contributed by atoms with van der Waals surface area (Å²) >= 11 is 0. The molecule has 3 aromatic carbocycles. The third-order valence-corrected chi connectivity index (χ3v) is 5.49. The topological polar surface area (TPSA) is 77.0 Å². The molecular weight excluding hydrogens is 400 g/mol. The highest BCUT2D eigenvalue weighted by molar-refractivity contribution is 7.89. The van der Waals surface area contributed by atoms with E-state index in [0.717, 1.165) is 5.56 Å². The van der Waals surface area contributed by atoms with E-state index >= 15 is 0 Å². The van der Waals surface area contributed by atoms with Crippen molar-refractivity contribution in [2.45, 2.75) is 25.3 Å². The smallest absolute Gasteiger partial charge is 0.276 e. The van der Waals surface area contributed by atoms with Crippen molar-refractivity contribution in [1.29, 1.82) is 0 Å². The molecule has 0 spiro atoms. The van der Waals surface area contributed by atoms with Gasteiger partial charge in [0.1, 0.15) is 18.1 Å². The molecule has 0 atom stereocenters. The zero-order valence-corrected chi connectivity index (χ0v) is 17.7. The zero-order valence-electron chi connectivity index (χ0n) is 16.9. The second-order valence-electron chi connectivity index (χ2n) is 6.57. The lowest BCUT2D eigenvalue weighted by atomic mass is 10.1. The van der Waals surface area contributed by atoms with Gasteiger partial charge in [0, 0.05) is 5.56 Å². The number of hydrazone groups is 1. The summed E-state index contributed by atoms with van der Waals surface area (Å²) < 4.78 is 36.0. The van der Waals surface area contributed by atoms with Crippen LogP contribution in [-0.4, -0.2) is 21.2 Å². The molecule has 156 valence electrons. The van der Waals surface area contributed by atoms with Gasteiger partial charge in [-0.2, -0.15) is 13.5 Å². The van der Waals surface area contributed by atoms with Gasteiger partial charge in [-0.25, -0.2) is 4.83 Å². The van der Waals surface area contributed by atoms with Crippen LogP contribution in [0, 0.1) is 6.92 Å². The standard InChI is InChI=1S/C23H24N2O4S/c1-3-28-21-12-14-22(15-13-21)30(26,27)25-24-16-20-6-4-5-7-23(20)29-17-19-10-8-18(2)9-11-19/h4-16,25H,3,17H2,1-2H3/b24-16+. The molecule has 3 rings (SSSR count). The van der Waals surface area contributed by atoms with Gasteiger partial charge in [-0.15, -0.1) is 0 Å². The van der Waals surface area contributed by atoms with Gasteiger partial charge in [0.15, 0.2) is 0 Å². The summed E-state index contributed by atoms with van der Waals surface area (Å²) in [4.78, 5) is 2.33. The molecule has 7 heteroatoms. The highest BCUT2D eigenvalue weighted by Gasteiger charge is 2.12. The first kappa shape index (κ1) is 21.4. The number of ether oxygens (including phenoxy) is 2. The van der Waals surface area contributed by atoms with E-state index in [1.807, 2.05) is 56.3 Å². The number of para-hydroxylation sites is 1. The lowest BCUT2D eigenvalue weighted by molar-refractivity contribution is 0.306. The van der Waals surface area contributed by atoms with Crippen LogP contribution in [0.3, 0.4) is 0 Å². The van der Waals surface area contributed by atoms with E-state index in [4.69, 9.17) is 9.47 Å². The molecule has 0 saturated heterocycles. The fraction of sp³-hybridized carbons (Fsp3) is 0.174. The minimum absolute atomic E-state index is 0.104. The Balaban J connectivity index is 1.66. The number of nitrogens with zero attached hydrogens (tertiary/aromatic N) is 1. The van der Waals surface area contributed by atoms with Gasteiger partial charge in [-0.3, -0.25) is 0 Å². The average Bonchev–Trinajstić information content (AvgIpc) is 2.75. The molecule has 0 bridgehead atoms. The first-order valence-corrected chi connectivity index (χ1v) is 11.0. The fourth-order valence-electron chi connectivity index (χ4n) is 2.66.